The van der Waals surface area contributed by atoms with Crippen molar-refractivity contribution in [2.45, 2.75) is 135 Å². The van der Waals surface area contributed by atoms with E-state index in [2.05, 4.69) is 232 Å². The van der Waals surface area contributed by atoms with Crippen LogP contribution in [0, 0.1) is 37.2 Å². The van der Waals surface area contributed by atoms with Crippen molar-refractivity contribution >= 4 is 73.3 Å². The van der Waals surface area contributed by atoms with Gasteiger partial charge < -0.3 is 14.4 Å². The Hall–Kier alpha value is -8.92. The maximum atomic E-state index is 8.45. The third kappa shape index (κ3) is 9.83. The lowest BCUT2D eigenvalue weighted by atomic mass is 9.33. The lowest BCUT2D eigenvalue weighted by Gasteiger charge is -2.53. The zero-order valence-corrected chi connectivity index (χ0v) is 52.7. The zero-order chi connectivity index (χ0) is 60.5. The normalized spacial score (nSPS) is 22.7. The molecule has 6 atom stereocenters. The highest BCUT2D eigenvalue weighted by atomic mass is 15.2. The van der Waals surface area contributed by atoms with Crippen molar-refractivity contribution in [2.75, 3.05) is 9.80 Å². The summed E-state index contributed by atoms with van der Waals surface area (Å²) in [5, 5.41) is 2.56. The summed E-state index contributed by atoms with van der Waals surface area (Å²) in [6, 6.07) is 63.0. The number of benzene rings is 7. The van der Waals surface area contributed by atoms with Crippen LogP contribution in [0.5, 0.6) is 0 Å². The Kier molecular flexibility index (Phi) is 14.6. The van der Waals surface area contributed by atoms with Gasteiger partial charge in [-0.25, -0.2) is 4.85 Å². The molecule has 2 aliphatic heterocycles. The SMILES string of the molecule is [C-]#[N+]c1cccc(-c2cc3c4c(c2)N(C2C(C5CC=CCC5)=CCCC2C2=CCCCC2)c2cc(-n5c6ccccc6c6ccccc65)ccc2B4c2ccc(-c4cccc(-c5cccc(C)n5)c4)cc2N3C2C(C3CC=CCC3)=CCCC2C2=CCCCC2)c1. The fourth-order valence-corrected chi connectivity index (χ4v) is 18.4. The minimum absolute atomic E-state index is 0.0721. The second-order valence-corrected chi connectivity index (χ2v) is 27.6. The molecule has 0 radical (unpaired) electrons. The summed E-state index contributed by atoms with van der Waals surface area (Å²) < 4.78 is 2.56. The Balaban J connectivity index is 0.989. The number of fused-ring (bicyclic) bond motifs is 7. The van der Waals surface area contributed by atoms with Crippen LogP contribution in [0.3, 0.4) is 0 Å². The molecule has 91 heavy (non-hydrogen) atoms. The molecule has 0 spiro atoms. The first-order valence-electron chi connectivity index (χ1n) is 34.7. The Morgan fingerprint density at radius 2 is 1.02 bits per heavy atom. The molecule has 0 N–H and O–H groups in total. The monoisotopic (exact) mass is 1180 g/mol. The fraction of sp³-hybridized carbons (Fsp3) is 0.294. The largest absolute Gasteiger partial charge is 0.334 e. The van der Waals surface area contributed by atoms with Crippen molar-refractivity contribution < 1.29 is 0 Å². The maximum absolute atomic E-state index is 8.45. The molecular weight excluding hydrogens is 1100 g/mol. The van der Waals surface area contributed by atoms with Gasteiger partial charge in [-0.15, -0.1) is 0 Å². The van der Waals surface area contributed by atoms with Crippen molar-refractivity contribution in [1.82, 2.24) is 9.55 Å². The van der Waals surface area contributed by atoms with E-state index in [9.17, 15) is 0 Å². The Bertz CT molecular complexity index is 4560. The first kappa shape index (κ1) is 56.1. The van der Waals surface area contributed by atoms with Gasteiger partial charge in [-0.1, -0.05) is 157 Å². The zero-order valence-electron chi connectivity index (χ0n) is 52.7. The van der Waals surface area contributed by atoms with Crippen molar-refractivity contribution in [3.8, 4) is 39.2 Å². The molecule has 9 aromatic rings. The van der Waals surface area contributed by atoms with Crippen LogP contribution in [0.2, 0.25) is 0 Å². The summed E-state index contributed by atoms with van der Waals surface area (Å²) in [7, 11) is 0. The van der Waals surface area contributed by atoms with Crippen LogP contribution in [-0.4, -0.2) is 28.3 Å². The molecule has 4 heterocycles. The average molecular weight is 1180 g/mol. The van der Waals surface area contributed by atoms with Crippen LogP contribution in [0.4, 0.5) is 28.4 Å². The van der Waals surface area contributed by atoms with Crippen LogP contribution in [0.15, 0.2) is 235 Å². The van der Waals surface area contributed by atoms with Crippen molar-refractivity contribution in [2.24, 2.45) is 23.7 Å². The third-order valence-corrected chi connectivity index (χ3v) is 22.5. The molecule has 0 fully saturated rings. The van der Waals surface area contributed by atoms with Gasteiger partial charge in [-0.2, -0.15) is 0 Å². The van der Waals surface area contributed by atoms with Gasteiger partial charge in [0.15, 0.2) is 5.69 Å². The van der Waals surface area contributed by atoms with E-state index >= 15 is 0 Å². The second kappa shape index (κ2) is 23.7. The van der Waals surface area contributed by atoms with Crippen molar-refractivity contribution in [3.63, 3.8) is 0 Å². The number of hydrogen-bond acceptors (Lipinski definition) is 3. The van der Waals surface area contributed by atoms with Crippen molar-refractivity contribution in [1.29, 1.82) is 0 Å². The average Bonchev–Trinajstić information content (AvgIpc) is 0.920. The second-order valence-electron chi connectivity index (χ2n) is 27.6. The van der Waals surface area contributed by atoms with Gasteiger partial charge in [-0.05, 0) is 251 Å². The summed E-state index contributed by atoms with van der Waals surface area (Å²) in [5.41, 5.74) is 28.3. The molecule has 0 bridgehead atoms. The standard InChI is InChI=1S/C85H80BN5/c1-56-24-19-43-76(88-56)64-35-20-33-61(50-64)63-46-48-74-79(52-63)90(84-68(57-25-7-3-8-26-57)39-22-40-69(84)58-27-9-4-10-28-58)81-53-65(62-34-21-36-66(51-62)87-2)54-82-83(81)86(74)75-49-47-67(89-77-44-17-15-37-72(77)73-38-16-18-45-78(73)89)55-80(75)91(82)85-70(59-29-11-5-12-30-59)41-23-42-71(85)60-31-13-6-14-32-60/h3,5,7,11,15-21,24,27,31,33-39,41,43-55,57,59,69,71,84-85H,4,6,8-10,12-14,22-23,25-26,28-30,32,40,42H2,1H3. The summed E-state index contributed by atoms with van der Waals surface area (Å²) in [6.45, 7) is 10.5. The number of aryl methyl sites for hydroxylation is 1. The lowest BCUT2D eigenvalue weighted by molar-refractivity contribution is 0.391. The highest BCUT2D eigenvalue weighted by molar-refractivity contribution is 7.00. The molecule has 2 aromatic heterocycles. The topological polar surface area (TPSA) is 28.7 Å². The molecule has 17 rings (SSSR count). The van der Waals surface area contributed by atoms with E-state index in [4.69, 9.17) is 11.6 Å². The number of para-hydroxylation sites is 2. The van der Waals surface area contributed by atoms with E-state index in [0.717, 1.165) is 86.7 Å². The Morgan fingerprint density at radius 1 is 0.462 bits per heavy atom. The number of aromatic nitrogens is 2. The number of anilines is 4. The third-order valence-electron chi connectivity index (χ3n) is 22.5. The minimum atomic E-state index is -0.0721. The summed E-state index contributed by atoms with van der Waals surface area (Å²) in [5.74, 6) is 1.63. The van der Waals surface area contributed by atoms with E-state index < -0.39 is 0 Å². The number of hydrogen-bond donors (Lipinski definition) is 0. The first-order valence-corrected chi connectivity index (χ1v) is 34.7. The maximum Gasteiger partial charge on any atom is 0.252 e. The van der Waals surface area contributed by atoms with Gasteiger partial charge in [0, 0.05) is 62.3 Å². The molecular formula is C85H80BN5. The van der Waals surface area contributed by atoms with Crippen LogP contribution in [0.25, 0.3) is 65.8 Å². The molecule has 6 aliphatic carbocycles. The summed E-state index contributed by atoms with van der Waals surface area (Å²) >= 11 is 0. The number of rotatable bonds is 10. The van der Waals surface area contributed by atoms with Crippen LogP contribution >= 0.6 is 0 Å². The molecule has 448 valence electrons. The van der Waals surface area contributed by atoms with E-state index in [1.54, 1.807) is 22.3 Å². The van der Waals surface area contributed by atoms with Gasteiger partial charge >= 0.3 is 0 Å². The van der Waals surface area contributed by atoms with Crippen LogP contribution < -0.4 is 26.2 Å². The van der Waals surface area contributed by atoms with Gasteiger partial charge in [0.1, 0.15) is 0 Å². The van der Waals surface area contributed by atoms with Crippen LogP contribution in [-0.2, 0) is 0 Å². The highest BCUT2D eigenvalue weighted by Crippen LogP contribution is 2.53. The smallest absolute Gasteiger partial charge is 0.252 e. The van der Waals surface area contributed by atoms with Gasteiger partial charge in [0.05, 0.1) is 35.4 Å². The van der Waals surface area contributed by atoms with Gasteiger partial charge in [0.2, 0.25) is 0 Å². The molecule has 5 nitrogen and oxygen atoms in total. The number of allylic oxidation sites excluding steroid dienone is 8. The van der Waals surface area contributed by atoms with Gasteiger partial charge in [-0.3, -0.25) is 4.98 Å². The van der Waals surface area contributed by atoms with E-state index in [1.165, 1.54) is 135 Å². The fourth-order valence-electron chi connectivity index (χ4n) is 18.4. The summed E-state index contributed by atoms with van der Waals surface area (Å²) in [6.07, 6.45) is 41.7. The predicted molar refractivity (Wildman–Crippen MR) is 383 cm³/mol. The van der Waals surface area contributed by atoms with E-state index in [-0.39, 0.29) is 18.8 Å². The predicted octanol–water partition coefficient (Wildman–Crippen LogP) is 20.6. The Labute approximate surface area is 538 Å². The van der Waals surface area contributed by atoms with E-state index in [1.807, 2.05) is 6.07 Å². The molecule has 0 saturated carbocycles. The number of pyridine rings is 1. The van der Waals surface area contributed by atoms with E-state index in [0.29, 0.717) is 29.4 Å². The molecule has 8 aliphatic rings. The molecule has 6 heteroatoms. The molecule has 0 amide bonds. The first-order chi connectivity index (χ1) is 45.0. The quantitative estimate of drug-likeness (QED) is 0.0776. The lowest BCUT2D eigenvalue weighted by Crippen LogP contribution is -2.65. The summed E-state index contributed by atoms with van der Waals surface area (Å²) in [4.78, 5) is 15.1. The molecule has 0 saturated heterocycles. The minimum Gasteiger partial charge on any atom is -0.334 e. The highest BCUT2D eigenvalue weighted by Gasteiger charge is 2.51. The molecule has 7 aromatic carbocycles. The molecule has 6 unspecified atom stereocenters. The Morgan fingerprint density at radius 3 is 1.62 bits per heavy atom. The van der Waals surface area contributed by atoms with Crippen LogP contribution in [0.1, 0.15) is 121 Å². The van der Waals surface area contributed by atoms with Crippen molar-refractivity contribution in [3.05, 3.63) is 252 Å². The van der Waals surface area contributed by atoms with Gasteiger partial charge in [0.25, 0.3) is 6.71 Å². The number of nitrogens with zero attached hydrogens (tertiary/aromatic N) is 5.